The van der Waals surface area contributed by atoms with Gasteiger partial charge in [0.15, 0.2) is 0 Å². The maximum absolute atomic E-state index is 11.7. The minimum absolute atomic E-state index is 0. The summed E-state index contributed by atoms with van der Waals surface area (Å²) in [5, 5.41) is 2.73. The van der Waals surface area contributed by atoms with Crippen molar-refractivity contribution in [3.63, 3.8) is 0 Å². The molecular weight excluding hydrogens is 252 g/mol. The molecule has 2 rings (SSSR count). The zero-order valence-electron chi connectivity index (χ0n) is 10.9. The second-order valence-corrected chi connectivity index (χ2v) is 5.66. The van der Waals surface area contributed by atoms with Crippen LogP contribution in [0.5, 0.6) is 0 Å². The summed E-state index contributed by atoms with van der Waals surface area (Å²) >= 11 is 0. The lowest BCUT2D eigenvalue weighted by molar-refractivity contribution is -0.118. The maximum atomic E-state index is 11.7. The predicted octanol–water partition coefficient (Wildman–Crippen LogP) is 1.63. The van der Waals surface area contributed by atoms with Gasteiger partial charge in [0.1, 0.15) is 5.82 Å². The smallest absolute Gasteiger partial charge is 0.244 e. The Kier molecular flexibility index (Phi) is 3.98. The van der Waals surface area contributed by atoms with Crippen LogP contribution in [0, 0.1) is 0 Å². The van der Waals surface area contributed by atoms with E-state index in [1.807, 2.05) is 20.8 Å². The van der Waals surface area contributed by atoms with Gasteiger partial charge in [0.25, 0.3) is 0 Å². The van der Waals surface area contributed by atoms with E-state index < -0.39 is 5.54 Å². The van der Waals surface area contributed by atoms with E-state index in [4.69, 9.17) is 5.73 Å². The van der Waals surface area contributed by atoms with Crippen LogP contribution >= 0.6 is 12.4 Å². The number of hydrogen-bond acceptors (Lipinski definition) is 4. The van der Waals surface area contributed by atoms with Crippen molar-refractivity contribution in [3.05, 3.63) is 18.2 Å². The van der Waals surface area contributed by atoms with Crippen LogP contribution in [0.4, 0.5) is 5.69 Å². The molecule has 0 spiro atoms. The fourth-order valence-electron chi connectivity index (χ4n) is 1.40. The summed E-state index contributed by atoms with van der Waals surface area (Å²) in [6, 6.07) is 0. The molecule has 1 amide bonds. The Morgan fingerprint density at radius 3 is 2.22 bits per heavy atom. The Morgan fingerprint density at radius 2 is 1.83 bits per heavy atom. The fraction of sp³-hybridized carbons (Fsp3) is 0.583. The van der Waals surface area contributed by atoms with Crippen molar-refractivity contribution in [1.29, 1.82) is 0 Å². The van der Waals surface area contributed by atoms with E-state index in [1.54, 1.807) is 12.4 Å². The number of hydrogen-bond donors (Lipinski definition) is 2. The summed E-state index contributed by atoms with van der Waals surface area (Å²) < 4.78 is 0. The summed E-state index contributed by atoms with van der Waals surface area (Å²) in [7, 11) is 0. The number of carbonyl (C=O) groups excluding carboxylic acids is 1. The molecule has 1 heterocycles. The zero-order valence-corrected chi connectivity index (χ0v) is 11.7. The van der Waals surface area contributed by atoms with Gasteiger partial charge in [-0.3, -0.25) is 4.79 Å². The third-order valence-electron chi connectivity index (χ3n) is 2.82. The van der Waals surface area contributed by atoms with Gasteiger partial charge in [0, 0.05) is 5.41 Å². The third-order valence-corrected chi connectivity index (χ3v) is 2.82. The Bertz CT molecular complexity index is 434. The van der Waals surface area contributed by atoms with Gasteiger partial charge in [-0.1, -0.05) is 20.8 Å². The lowest BCUT2D eigenvalue weighted by atomic mass is 9.96. The molecule has 0 saturated heterocycles. The van der Waals surface area contributed by atoms with Crippen LogP contribution in [0.1, 0.15) is 39.4 Å². The average Bonchev–Trinajstić information content (AvgIpc) is 2.97. The normalized spacial score (nSPS) is 16.7. The molecule has 1 fully saturated rings. The molecule has 0 aliphatic heterocycles. The van der Waals surface area contributed by atoms with Gasteiger partial charge in [-0.15, -0.1) is 12.4 Å². The van der Waals surface area contributed by atoms with Gasteiger partial charge in [-0.25, -0.2) is 9.97 Å². The van der Waals surface area contributed by atoms with Crippen LogP contribution in [-0.4, -0.2) is 21.4 Å². The highest BCUT2D eigenvalue weighted by atomic mass is 35.5. The first-order valence-corrected chi connectivity index (χ1v) is 5.74. The SMILES string of the molecule is CC(C)(C)c1ncc(NC(=O)C2(N)CC2)cn1.Cl. The van der Waals surface area contributed by atoms with Crippen LogP contribution in [0.15, 0.2) is 12.4 Å². The first-order valence-electron chi connectivity index (χ1n) is 5.74. The lowest BCUT2D eigenvalue weighted by Crippen LogP contribution is -2.37. The zero-order chi connectivity index (χ0) is 12.7. The van der Waals surface area contributed by atoms with E-state index in [-0.39, 0.29) is 23.7 Å². The number of rotatable bonds is 2. The van der Waals surface area contributed by atoms with Crippen LogP contribution in [0.2, 0.25) is 0 Å². The van der Waals surface area contributed by atoms with Crippen molar-refractivity contribution in [2.45, 2.75) is 44.6 Å². The van der Waals surface area contributed by atoms with Gasteiger partial charge in [-0.2, -0.15) is 0 Å². The van der Waals surface area contributed by atoms with Crippen LogP contribution < -0.4 is 11.1 Å². The Balaban J connectivity index is 0.00000162. The van der Waals surface area contributed by atoms with Crippen LogP contribution in [0.3, 0.4) is 0 Å². The number of nitrogens with one attached hydrogen (secondary N) is 1. The molecule has 0 radical (unpaired) electrons. The number of carbonyl (C=O) groups is 1. The molecule has 100 valence electrons. The highest BCUT2D eigenvalue weighted by molar-refractivity contribution is 5.99. The second kappa shape index (κ2) is 4.82. The minimum atomic E-state index is -0.664. The van der Waals surface area contributed by atoms with Gasteiger partial charge in [0.05, 0.1) is 23.6 Å². The van der Waals surface area contributed by atoms with E-state index in [9.17, 15) is 4.79 Å². The molecular formula is C12H19ClN4O. The highest BCUT2D eigenvalue weighted by Gasteiger charge is 2.45. The Hall–Kier alpha value is -1.20. The summed E-state index contributed by atoms with van der Waals surface area (Å²) in [5.41, 5.74) is 5.63. The fourth-order valence-corrected chi connectivity index (χ4v) is 1.40. The second-order valence-electron chi connectivity index (χ2n) is 5.66. The van der Waals surface area contributed by atoms with Crippen molar-refractivity contribution in [3.8, 4) is 0 Å². The average molecular weight is 271 g/mol. The van der Waals surface area contributed by atoms with Crippen molar-refractivity contribution >= 4 is 24.0 Å². The van der Waals surface area contributed by atoms with Gasteiger partial charge in [0.2, 0.25) is 5.91 Å². The summed E-state index contributed by atoms with van der Waals surface area (Å²) in [6.07, 6.45) is 4.74. The molecule has 0 unspecified atom stereocenters. The van der Waals surface area contributed by atoms with Crippen molar-refractivity contribution in [2.24, 2.45) is 5.73 Å². The monoisotopic (exact) mass is 270 g/mol. The first kappa shape index (κ1) is 14.9. The van der Waals surface area contributed by atoms with E-state index in [2.05, 4.69) is 15.3 Å². The number of nitrogens with two attached hydrogens (primary N) is 1. The van der Waals surface area contributed by atoms with Gasteiger partial charge < -0.3 is 11.1 Å². The van der Waals surface area contributed by atoms with Crippen LogP contribution in [0.25, 0.3) is 0 Å². The molecule has 1 aromatic rings. The van der Waals surface area contributed by atoms with Crippen LogP contribution in [-0.2, 0) is 10.2 Å². The first-order chi connectivity index (χ1) is 7.81. The van der Waals surface area contributed by atoms with Crippen molar-refractivity contribution in [2.75, 3.05) is 5.32 Å². The molecule has 0 aromatic carbocycles. The van der Waals surface area contributed by atoms with E-state index >= 15 is 0 Å². The molecule has 0 bridgehead atoms. The topological polar surface area (TPSA) is 80.9 Å². The standard InChI is InChI=1S/C12H18N4O.ClH/c1-11(2,3)9-14-6-8(7-15-9)16-10(17)12(13)4-5-12;/h6-7H,4-5,13H2,1-3H3,(H,16,17);1H. The van der Waals surface area contributed by atoms with E-state index in [1.165, 1.54) is 0 Å². The molecule has 1 aliphatic carbocycles. The lowest BCUT2D eigenvalue weighted by Gasteiger charge is -2.16. The number of nitrogens with zero attached hydrogens (tertiary/aromatic N) is 2. The minimum Gasteiger partial charge on any atom is -0.322 e. The number of halogens is 1. The molecule has 5 nitrogen and oxygen atoms in total. The molecule has 0 atom stereocenters. The molecule has 1 aliphatic rings. The van der Waals surface area contributed by atoms with Crippen molar-refractivity contribution in [1.82, 2.24) is 9.97 Å². The maximum Gasteiger partial charge on any atom is 0.244 e. The number of amides is 1. The molecule has 3 N–H and O–H groups in total. The number of aromatic nitrogens is 2. The molecule has 1 saturated carbocycles. The molecule has 1 aromatic heterocycles. The molecule has 18 heavy (non-hydrogen) atoms. The van der Waals surface area contributed by atoms with Crippen molar-refractivity contribution < 1.29 is 4.79 Å². The van der Waals surface area contributed by atoms with E-state index in [0.29, 0.717) is 5.69 Å². The summed E-state index contributed by atoms with van der Waals surface area (Å²) in [5.74, 6) is 0.606. The molecule has 6 heteroatoms. The summed E-state index contributed by atoms with van der Waals surface area (Å²) in [4.78, 5) is 20.2. The summed E-state index contributed by atoms with van der Waals surface area (Å²) in [6.45, 7) is 6.12. The quantitative estimate of drug-likeness (QED) is 0.856. The predicted molar refractivity (Wildman–Crippen MR) is 72.8 cm³/mol. The van der Waals surface area contributed by atoms with E-state index in [0.717, 1.165) is 18.7 Å². The van der Waals surface area contributed by atoms with Gasteiger partial charge >= 0.3 is 0 Å². The van der Waals surface area contributed by atoms with Gasteiger partial charge in [-0.05, 0) is 12.8 Å². The largest absolute Gasteiger partial charge is 0.322 e. The number of anilines is 1. The Morgan fingerprint density at radius 1 is 1.33 bits per heavy atom. The Labute approximate surface area is 113 Å². The highest BCUT2D eigenvalue weighted by Crippen LogP contribution is 2.33. The third kappa shape index (κ3) is 3.17.